The van der Waals surface area contributed by atoms with Gasteiger partial charge in [-0.15, -0.1) is 0 Å². The van der Waals surface area contributed by atoms with Gasteiger partial charge < -0.3 is 10.1 Å². The van der Waals surface area contributed by atoms with Gasteiger partial charge in [0, 0.05) is 31.6 Å². The van der Waals surface area contributed by atoms with Crippen LogP contribution in [-0.2, 0) is 10.3 Å². The van der Waals surface area contributed by atoms with Crippen molar-refractivity contribution in [3.05, 3.63) is 17.5 Å². The third-order valence-corrected chi connectivity index (χ3v) is 4.82. The Bertz CT molecular complexity index is 580. The predicted molar refractivity (Wildman–Crippen MR) is 93.4 cm³/mol. The van der Waals surface area contributed by atoms with Crippen LogP contribution < -0.4 is 5.32 Å². The van der Waals surface area contributed by atoms with E-state index in [0.29, 0.717) is 24.2 Å². The zero-order valence-corrected chi connectivity index (χ0v) is 15.3. The molecule has 24 heavy (non-hydrogen) atoms. The van der Waals surface area contributed by atoms with Crippen molar-refractivity contribution in [1.29, 1.82) is 0 Å². The van der Waals surface area contributed by atoms with Gasteiger partial charge in [0.25, 0.3) is 5.91 Å². The van der Waals surface area contributed by atoms with Crippen LogP contribution in [0.1, 0.15) is 62.6 Å². The summed E-state index contributed by atoms with van der Waals surface area (Å²) in [6.45, 7) is 12.5. The van der Waals surface area contributed by atoms with E-state index in [1.54, 1.807) is 0 Å². The quantitative estimate of drug-likeness (QED) is 0.894. The number of aromatic nitrogens is 2. The Labute approximate surface area is 144 Å². The molecule has 0 unspecified atom stereocenters. The zero-order chi connectivity index (χ0) is 17.3. The van der Waals surface area contributed by atoms with Crippen LogP contribution in [0.2, 0.25) is 0 Å². The molecule has 1 saturated heterocycles. The molecule has 0 aromatic carbocycles. The summed E-state index contributed by atoms with van der Waals surface area (Å²) in [5.41, 5.74) is 1.55. The maximum absolute atomic E-state index is 12.7. The average Bonchev–Trinajstić information content (AvgIpc) is 3.30. The fraction of sp³-hybridized carbons (Fsp3) is 0.778. The average molecular weight is 334 g/mol. The van der Waals surface area contributed by atoms with E-state index in [4.69, 9.17) is 9.84 Å². The summed E-state index contributed by atoms with van der Waals surface area (Å²) in [4.78, 5) is 15.1. The molecule has 0 radical (unpaired) electrons. The van der Waals surface area contributed by atoms with E-state index >= 15 is 0 Å². The van der Waals surface area contributed by atoms with Gasteiger partial charge in [0.2, 0.25) is 0 Å². The standard InChI is InChI=1S/C18H30N4O2/c1-13(21-7-9-24-10-8-21)12-19-17(23)16-11-15(14-5-6-14)20-22(16)18(2,3)4/h11,13-14H,5-10,12H2,1-4H3,(H,19,23)/t13-/m1/s1. The monoisotopic (exact) mass is 334 g/mol. The number of carbonyl (C=O) groups is 1. The Hall–Kier alpha value is -1.40. The molecule has 6 nitrogen and oxygen atoms in total. The van der Waals surface area contributed by atoms with Crippen molar-refractivity contribution in [3.63, 3.8) is 0 Å². The predicted octanol–water partition coefficient (Wildman–Crippen LogP) is 1.97. The molecular formula is C18H30N4O2. The van der Waals surface area contributed by atoms with Crippen molar-refractivity contribution in [2.24, 2.45) is 0 Å². The SMILES string of the molecule is C[C@H](CNC(=O)c1cc(C2CC2)nn1C(C)(C)C)N1CCOCC1. The van der Waals surface area contributed by atoms with Crippen molar-refractivity contribution >= 4 is 5.91 Å². The smallest absolute Gasteiger partial charge is 0.269 e. The summed E-state index contributed by atoms with van der Waals surface area (Å²) in [6, 6.07) is 2.30. The Kier molecular flexibility index (Phi) is 4.97. The first-order valence-electron chi connectivity index (χ1n) is 9.06. The van der Waals surface area contributed by atoms with Crippen LogP contribution in [0.3, 0.4) is 0 Å². The van der Waals surface area contributed by atoms with Crippen LogP contribution in [0.5, 0.6) is 0 Å². The number of nitrogens with zero attached hydrogens (tertiary/aromatic N) is 3. The lowest BCUT2D eigenvalue weighted by atomic mass is 10.1. The lowest BCUT2D eigenvalue weighted by molar-refractivity contribution is 0.0204. The molecule has 0 spiro atoms. The summed E-state index contributed by atoms with van der Waals surface area (Å²) in [5, 5.41) is 7.81. The van der Waals surface area contributed by atoms with E-state index in [1.807, 2.05) is 10.7 Å². The fourth-order valence-electron chi connectivity index (χ4n) is 3.13. The highest BCUT2D eigenvalue weighted by atomic mass is 16.5. The number of hydrogen-bond acceptors (Lipinski definition) is 4. The molecule has 1 N–H and O–H groups in total. The van der Waals surface area contributed by atoms with Crippen molar-refractivity contribution in [3.8, 4) is 0 Å². The molecule has 1 aromatic rings. The van der Waals surface area contributed by atoms with Crippen LogP contribution >= 0.6 is 0 Å². The van der Waals surface area contributed by atoms with Crippen molar-refractivity contribution < 1.29 is 9.53 Å². The highest BCUT2D eigenvalue weighted by molar-refractivity contribution is 5.92. The third-order valence-electron chi connectivity index (χ3n) is 4.82. The zero-order valence-electron chi connectivity index (χ0n) is 15.3. The molecular weight excluding hydrogens is 304 g/mol. The second-order valence-electron chi connectivity index (χ2n) is 8.02. The molecule has 1 aromatic heterocycles. The molecule has 6 heteroatoms. The minimum atomic E-state index is -0.199. The van der Waals surface area contributed by atoms with Gasteiger partial charge in [0.05, 0.1) is 24.4 Å². The number of morpholine rings is 1. The van der Waals surface area contributed by atoms with Crippen molar-refractivity contribution in [2.45, 2.75) is 58.0 Å². The molecule has 1 aliphatic heterocycles. The lowest BCUT2D eigenvalue weighted by Gasteiger charge is -2.32. The summed E-state index contributed by atoms with van der Waals surface area (Å²) < 4.78 is 7.27. The topological polar surface area (TPSA) is 59.4 Å². The number of carbonyl (C=O) groups excluding carboxylic acids is 1. The van der Waals surface area contributed by atoms with Gasteiger partial charge in [-0.25, -0.2) is 0 Å². The number of rotatable bonds is 5. The summed E-state index contributed by atoms with van der Waals surface area (Å²) >= 11 is 0. The van der Waals surface area contributed by atoms with E-state index in [0.717, 1.165) is 32.0 Å². The number of nitrogens with one attached hydrogen (secondary N) is 1. The molecule has 1 atom stereocenters. The first-order chi connectivity index (χ1) is 11.4. The van der Waals surface area contributed by atoms with Gasteiger partial charge in [0.15, 0.2) is 0 Å². The van der Waals surface area contributed by atoms with Gasteiger partial charge in [-0.1, -0.05) is 0 Å². The number of hydrogen-bond donors (Lipinski definition) is 1. The van der Waals surface area contributed by atoms with Crippen LogP contribution in [0.15, 0.2) is 6.07 Å². The van der Waals surface area contributed by atoms with Crippen LogP contribution in [0, 0.1) is 0 Å². The maximum atomic E-state index is 12.7. The number of amides is 1. The van der Waals surface area contributed by atoms with Gasteiger partial charge in [-0.2, -0.15) is 5.10 Å². The molecule has 1 amide bonds. The first kappa shape index (κ1) is 17.4. The van der Waals surface area contributed by atoms with Gasteiger partial charge in [0.1, 0.15) is 5.69 Å². The molecule has 134 valence electrons. The normalized spacial score (nSPS) is 20.8. The molecule has 1 aliphatic carbocycles. The highest BCUT2D eigenvalue weighted by Gasteiger charge is 2.31. The van der Waals surface area contributed by atoms with Crippen LogP contribution in [0.25, 0.3) is 0 Å². The molecule has 2 fully saturated rings. The summed E-state index contributed by atoms with van der Waals surface area (Å²) in [6.07, 6.45) is 2.38. The number of ether oxygens (including phenoxy) is 1. The molecule has 3 rings (SSSR count). The molecule has 1 saturated carbocycles. The van der Waals surface area contributed by atoms with E-state index < -0.39 is 0 Å². The van der Waals surface area contributed by atoms with Gasteiger partial charge in [-0.3, -0.25) is 14.4 Å². The van der Waals surface area contributed by atoms with Crippen molar-refractivity contribution in [1.82, 2.24) is 20.0 Å². The minimum absolute atomic E-state index is 0.0237. The minimum Gasteiger partial charge on any atom is -0.379 e. The Balaban J connectivity index is 1.65. The highest BCUT2D eigenvalue weighted by Crippen LogP contribution is 2.40. The first-order valence-corrected chi connectivity index (χ1v) is 9.06. The Morgan fingerprint density at radius 2 is 2.04 bits per heavy atom. The maximum Gasteiger partial charge on any atom is 0.269 e. The second-order valence-corrected chi connectivity index (χ2v) is 8.02. The van der Waals surface area contributed by atoms with E-state index in [1.165, 1.54) is 12.8 Å². The second kappa shape index (κ2) is 6.84. The largest absolute Gasteiger partial charge is 0.379 e. The lowest BCUT2D eigenvalue weighted by Crippen LogP contribution is -2.47. The van der Waals surface area contributed by atoms with Crippen LogP contribution in [0.4, 0.5) is 0 Å². The fourth-order valence-corrected chi connectivity index (χ4v) is 3.13. The third kappa shape index (κ3) is 3.98. The molecule has 2 heterocycles. The Morgan fingerprint density at radius 3 is 2.62 bits per heavy atom. The van der Waals surface area contributed by atoms with Gasteiger partial charge >= 0.3 is 0 Å². The summed E-state index contributed by atoms with van der Waals surface area (Å²) in [7, 11) is 0. The Morgan fingerprint density at radius 1 is 1.38 bits per heavy atom. The molecule has 0 bridgehead atoms. The molecule has 2 aliphatic rings. The van der Waals surface area contributed by atoms with Crippen LogP contribution in [-0.4, -0.2) is 59.5 Å². The van der Waals surface area contributed by atoms with E-state index in [9.17, 15) is 4.79 Å². The summed E-state index contributed by atoms with van der Waals surface area (Å²) in [5.74, 6) is 0.525. The van der Waals surface area contributed by atoms with E-state index in [2.05, 4.69) is 37.9 Å². The van der Waals surface area contributed by atoms with Crippen molar-refractivity contribution in [2.75, 3.05) is 32.8 Å². The van der Waals surface area contributed by atoms with E-state index in [-0.39, 0.29) is 11.4 Å². The van der Waals surface area contributed by atoms with Gasteiger partial charge in [-0.05, 0) is 46.6 Å².